The summed E-state index contributed by atoms with van der Waals surface area (Å²) in [6.45, 7) is 3.24. The molecular formula is C15H13ClF3N. The Kier molecular flexibility index (Phi) is 4.68. The van der Waals surface area contributed by atoms with Gasteiger partial charge in [0.15, 0.2) is 17.5 Å². The summed E-state index contributed by atoms with van der Waals surface area (Å²) in [5, 5.41) is 3.58. The van der Waals surface area contributed by atoms with Gasteiger partial charge >= 0.3 is 0 Å². The molecule has 20 heavy (non-hydrogen) atoms. The molecule has 0 aliphatic rings. The highest BCUT2D eigenvalue weighted by molar-refractivity contribution is 6.30. The van der Waals surface area contributed by atoms with E-state index in [4.69, 9.17) is 11.6 Å². The molecule has 106 valence electrons. The van der Waals surface area contributed by atoms with Crippen molar-refractivity contribution in [3.05, 3.63) is 58.4 Å². The summed E-state index contributed by atoms with van der Waals surface area (Å²) in [6.07, 6.45) is 0. The number of hydrogen-bond donors (Lipinski definition) is 1. The maximum absolute atomic E-state index is 13.3. The lowest BCUT2D eigenvalue weighted by atomic mass is 9.99. The van der Waals surface area contributed by atoms with Gasteiger partial charge in [0.25, 0.3) is 0 Å². The van der Waals surface area contributed by atoms with Crippen LogP contribution in [0.3, 0.4) is 0 Å². The summed E-state index contributed by atoms with van der Waals surface area (Å²) in [7, 11) is 0. The van der Waals surface area contributed by atoms with Crippen LogP contribution in [-0.2, 0) is 6.54 Å². The minimum atomic E-state index is -1.47. The molecule has 2 rings (SSSR count). The molecule has 5 heteroatoms. The molecule has 2 aromatic carbocycles. The Morgan fingerprint density at radius 2 is 1.70 bits per heavy atom. The second-order valence-corrected chi connectivity index (χ2v) is 4.77. The molecule has 0 amide bonds. The number of halogens is 4. The smallest absolute Gasteiger partial charge is 0.194 e. The minimum absolute atomic E-state index is 0.261. The average molecular weight is 300 g/mol. The SMILES string of the molecule is CCNCc1ccc(Cl)cc1-c1cc(F)c(F)c(F)c1. The van der Waals surface area contributed by atoms with Crippen LogP contribution >= 0.6 is 11.6 Å². The summed E-state index contributed by atoms with van der Waals surface area (Å²) in [5.74, 6) is -3.90. The Hall–Kier alpha value is -1.52. The predicted octanol–water partition coefficient (Wildman–Crippen LogP) is 4.53. The Labute approximate surface area is 120 Å². The molecule has 0 unspecified atom stereocenters. The summed E-state index contributed by atoms with van der Waals surface area (Å²) in [5.41, 5.74) is 1.68. The van der Waals surface area contributed by atoms with Gasteiger partial charge < -0.3 is 5.32 Å². The van der Waals surface area contributed by atoms with E-state index in [1.807, 2.05) is 6.92 Å². The average Bonchev–Trinajstić information content (AvgIpc) is 2.43. The van der Waals surface area contributed by atoms with Crippen LogP contribution in [0.5, 0.6) is 0 Å². The summed E-state index contributed by atoms with van der Waals surface area (Å²) >= 11 is 5.93. The lowest BCUT2D eigenvalue weighted by Gasteiger charge is -2.11. The van der Waals surface area contributed by atoms with Crippen molar-refractivity contribution >= 4 is 11.6 Å². The molecule has 0 saturated heterocycles. The molecule has 1 nitrogen and oxygen atoms in total. The molecule has 0 atom stereocenters. The molecule has 0 aliphatic carbocycles. The zero-order valence-electron chi connectivity index (χ0n) is 10.8. The minimum Gasteiger partial charge on any atom is -0.313 e. The van der Waals surface area contributed by atoms with Gasteiger partial charge in [-0.1, -0.05) is 24.6 Å². The Bertz CT molecular complexity index is 606. The molecule has 0 spiro atoms. The first kappa shape index (κ1) is 14.9. The van der Waals surface area contributed by atoms with Crippen LogP contribution in [-0.4, -0.2) is 6.54 Å². The topological polar surface area (TPSA) is 12.0 Å². The Balaban J connectivity index is 2.53. The van der Waals surface area contributed by atoms with Crippen molar-refractivity contribution in [2.24, 2.45) is 0 Å². The van der Waals surface area contributed by atoms with Crippen molar-refractivity contribution in [2.45, 2.75) is 13.5 Å². The van der Waals surface area contributed by atoms with Crippen LogP contribution in [0.4, 0.5) is 13.2 Å². The van der Waals surface area contributed by atoms with E-state index in [0.29, 0.717) is 17.1 Å². The van der Waals surface area contributed by atoms with Crippen LogP contribution in [0.2, 0.25) is 5.02 Å². The Morgan fingerprint density at radius 1 is 1.05 bits per heavy atom. The fraction of sp³-hybridized carbons (Fsp3) is 0.200. The fourth-order valence-electron chi connectivity index (χ4n) is 1.94. The van der Waals surface area contributed by atoms with E-state index >= 15 is 0 Å². The highest BCUT2D eigenvalue weighted by Gasteiger charge is 2.14. The lowest BCUT2D eigenvalue weighted by molar-refractivity contribution is 0.447. The van der Waals surface area contributed by atoms with Crippen LogP contribution in [0.1, 0.15) is 12.5 Å². The van der Waals surface area contributed by atoms with Crippen LogP contribution in [0.25, 0.3) is 11.1 Å². The van der Waals surface area contributed by atoms with Crippen molar-refractivity contribution in [1.29, 1.82) is 0 Å². The first-order valence-corrected chi connectivity index (χ1v) is 6.54. The van der Waals surface area contributed by atoms with E-state index in [1.54, 1.807) is 18.2 Å². The van der Waals surface area contributed by atoms with E-state index < -0.39 is 17.5 Å². The van der Waals surface area contributed by atoms with Gasteiger partial charge in [-0.05, 0) is 47.5 Å². The van der Waals surface area contributed by atoms with Crippen molar-refractivity contribution in [3.63, 3.8) is 0 Å². The largest absolute Gasteiger partial charge is 0.313 e. The third-order valence-corrected chi connectivity index (χ3v) is 3.17. The highest BCUT2D eigenvalue weighted by atomic mass is 35.5. The summed E-state index contributed by atoms with van der Waals surface area (Å²) in [6, 6.07) is 7.03. The van der Waals surface area contributed by atoms with Crippen molar-refractivity contribution in [3.8, 4) is 11.1 Å². The second kappa shape index (κ2) is 6.29. The van der Waals surface area contributed by atoms with E-state index in [2.05, 4.69) is 5.32 Å². The van der Waals surface area contributed by atoms with Crippen molar-refractivity contribution < 1.29 is 13.2 Å². The monoisotopic (exact) mass is 299 g/mol. The van der Waals surface area contributed by atoms with Gasteiger partial charge in [-0.3, -0.25) is 0 Å². The first-order chi connectivity index (χ1) is 9.52. The summed E-state index contributed by atoms with van der Waals surface area (Å²) in [4.78, 5) is 0. The van der Waals surface area contributed by atoms with Gasteiger partial charge in [0.05, 0.1) is 0 Å². The third-order valence-electron chi connectivity index (χ3n) is 2.93. The van der Waals surface area contributed by atoms with Crippen LogP contribution in [0.15, 0.2) is 30.3 Å². The highest BCUT2D eigenvalue weighted by Crippen LogP contribution is 2.29. The maximum Gasteiger partial charge on any atom is 0.194 e. The zero-order chi connectivity index (χ0) is 14.7. The molecule has 2 aromatic rings. The Morgan fingerprint density at radius 3 is 2.30 bits per heavy atom. The number of nitrogens with one attached hydrogen (secondary N) is 1. The second-order valence-electron chi connectivity index (χ2n) is 4.34. The number of rotatable bonds is 4. The van der Waals surface area contributed by atoms with Gasteiger partial charge in [-0.15, -0.1) is 0 Å². The van der Waals surface area contributed by atoms with Crippen LogP contribution < -0.4 is 5.32 Å². The molecule has 0 heterocycles. The molecule has 0 aliphatic heterocycles. The molecular weight excluding hydrogens is 287 g/mol. The van der Waals surface area contributed by atoms with E-state index in [9.17, 15) is 13.2 Å². The van der Waals surface area contributed by atoms with Crippen molar-refractivity contribution in [1.82, 2.24) is 5.32 Å². The lowest BCUT2D eigenvalue weighted by Crippen LogP contribution is -2.12. The van der Waals surface area contributed by atoms with E-state index in [0.717, 1.165) is 24.2 Å². The molecule has 0 saturated carbocycles. The maximum atomic E-state index is 13.3. The normalized spacial score (nSPS) is 10.8. The standard InChI is InChI=1S/C15H13ClF3N/c1-2-20-8-9-3-4-11(16)7-12(9)10-5-13(17)15(19)14(18)6-10/h3-7,20H,2,8H2,1H3. The van der Waals surface area contributed by atoms with Gasteiger partial charge in [0.1, 0.15) is 0 Å². The third kappa shape index (κ3) is 3.14. The first-order valence-electron chi connectivity index (χ1n) is 6.17. The van der Waals surface area contributed by atoms with Crippen molar-refractivity contribution in [2.75, 3.05) is 6.54 Å². The van der Waals surface area contributed by atoms with Gasteiger partial charge in [-0.25, -0.2) is 13.2 Å². The molecule has 0 bridgehead atoms. The number of benzene rings is 2. The van der Waals surface area contributed by atoms with E-state index in [1.165, 1.54) is 0 Å². The molecule has 0 radical (unpaired) electrons. The molecule has 0 fully saturated rings. The summed E-state index contributed by atoms with van der Waals surface area (Å²) < 4.78 is 39.7. The van der Waals surface area contributed by atoms with Crippen LogP contribution in [0, 0.1) is 17.5 Å². The quantitative estimate of drug-likeness (QED) is 0.818. The number of hydrogen-bond acceptors (Lipinski definition) is 1. The fourth-order valence-corrected chi connectivity index (χ4v) is 2.11. The van der Waals surface area contributed by atoms with Gasteiger partial charge in [-0.2, -0.15) is 0 Å². The zero-order valence-corrected chi connectivity index (χ0v) is 11.6. The van der Waals surface area contributed by atoms with Gasteiger partial charge in [0, 0.05) is 11.6 Å². The predicted molar refractivity (Wildman–Crippen MR) is 74.1 cm³/mol. The molecule has 0 aromatic heterocycles. The molecule has 1 N–H and O–H groups in total. The van der Waals surface area contributed by atoms with Gasteiger partial charge in [0.2, 0.25) is 0 Å². The van der Waals surface area contributed by atoms with E-state index in [-0.39, 0.29) is 5.56 Å².